The zero-order valence-corrected chi connectivity index (χ0v) is 40.1. The van der Waals surface area contributed by atoms with E-state index in [-0.39, 0.29) is 17.2 Å². The molecule has 3 atom stereocenters. The van der Waals surface area contributed by atoms with Crippen LogP contribution in [0.4, 0.5) is 42.7 Å². The van der Waals surface area contributed by atoms with Gasteiger partial charge in [0, 0.05) is 84.6 Å². The molecule has 0 radical (unpaired) electrons. The zero-order chi connectivity index (χ0) is 46.3. The number of hydrogen-bond acceptors (Lipinski definition) is 20. The number of halogens is 4. The number of anilines is 5. The molecule has 6 aromatic heterocycles. The minimum absolute atomic E-state index is 0.0946. The molecule has 18 nitrogen and oxygen atoms in total. The lowest BCUT2D eigenvalue weighted by atomic mass is 10.2. The van der Waals surface area contributed by atoms with E-state index >= 15 is 0 Å². The summed E-state index contributed by atoms with van der Waals surface area (Å²) in [7, 11) is 0. The number of rotatable bonds is 20. The van der Waals surface area contributed by atoms with Crippen molar-refractivity contribution in [1.29, 1.82) is 0 Å². The van der Waals surface area contributed by atoms with Crippen LogP contribution in [-0.4, -0.2) is 118 Å². The van der Waals surface area contributed by atoms with Crippen molar-refractivity contribution in [3.05, 3.63) is 78.5 Å². The summed E-state index contributed by atoms with van der Waals surface area (Å²) in [5, 5.41) is 21.3. The summed E-state index contributed by atoms with van der Waals surface area (Å²) in [5.74, 6) is 4.18. The van der Waals surface area contributed by atoms with E-state index in [1.807, 2.05) is 55.6 Å². The number of hydrogen-bond donors (Lipinski definition) is 7. The van der Waals surface area contributed by atoms with E-state index in [1.54, 1.807) is 60.1 Å². The maximum absolute atomic E-state index is 12.9. The number of H-pyrrole nitrogens is 1. The Morgan fingerprint density at radius 2 is 0.953 bits per heavy atom. The SMILES string of the molecule is CSc1cnc(NCC(C)CN)nc1.CSc1cnc(NCC(C)CNc2cnc(-c3cn[nH]c3C(F)(F)F)cn2)nc1.CSc1cnc(NCC(C)CNc2cnc(Br)cn2)nc1. The third-order valence-electron chi connectivity index (χ3n) is 8.55. The highest BCUT2D eigenvalue weighted by Gasteiger charge is 2.36. The molecule has 0 aliphatic heterocycles. The molecule has 0 aromatic carbocycles. The highest BCUT2D eigenvalue weighted by Crippen LogP contribution is 2.34. The van der Waals surface area contributed by atoms with Gasteiger partial charge in [0.15, 0.2) is 0 Å². The minimum atomic E-state index is -4.54. The third-order valence-corrected chi connectivity index (χ3v) is 11.0. The van der Waals surface area contributed by atoms with Crippen molar-refractivity contribution >= 4 is 80.7 Å². The van der Waals surface area contributed by atoms with Crippen LogP contribution in [0.15, 0.2) is 87.5 Å². The molecule has 0 aliphatic carbocycles. The quantitative estimate of drug-likeness (QED) is 0.0363. The van der Waals surface area contributed by atoms with Gasteiger partial charge in [-0.15, -0.1) is 35.3 Å². The van der Waals surface area contributed by atoms with Gasteiger partial charge in [-0.3, -0.25) is 10.1 Å². The molecule has 25 heteroatoms. The van der Waals surface area contributed by atoms with Gasteiger partial charge >= 0.3 is 6.18 Å². The van der Waals surface area contributed by atoms with Gasteiger partial charge in [0.1, 0.15) is 21.9 Å². The monoisotopic (exact) mass is 1000 g/mol. The number of nitrogens with one attached hydrogen (secondary N) is 6. The van der Waals surface area contributed by atoms with Crippen molar-refractivity contribution in [2.24, 2.45) is 23.5 Å². The summed E-state index contributed by atoms with van der Waals surface area (Å²) < 4.78 is 39.6. The van der Waals surface area contributed by atoms with Gasteiger partial charge in [-0.1, -0.05) is 20.8 Å². The Kier molecular flexibility index (Phi) is 22.0. The second-order valence-electron chi connectivity index (χ2n) is 14.0. The number of alkyl halides is 3. The third kappa shape index (κ3) is 18.5. The fourth-order valence-electron chi connectivity index (χ4n) is 4.78. The maximum atomic E-state index is 12.9. The summed E-state index contributed by atoms with van der Waals surface area (Å²) in [6.07, 6.45) is 19.3. The Bertz CT molecular complexity index is 2190. The van der Waals surface area contributed by atoms with Crippen molar-refractivity contribution in [2.45, 2.75) is 41.6 Å². The molecular formula is C39H52BrF3N18S3. The molecule has 0 aliphatic rings. The van der Waals surface area contributed by atoms with Gasteiger partial charge in [-0.25, -0.2) is 44.9 Å². The summed E-state index contributed by atoms with van der Waals surface area (Å²) in [6, 6.07) is 0. The van der Waals surface area contributed by atoms with Crippen LogP contribution in [0.2, 0.25) is 0 Å². The fraction of sp³-hybridized carbons (Fsp3) is 0.410. The molecule has 0 saturated carbocycles. The molecule has 0 amide bonds. The van der Waals surface area contributed by atoms with Gasteiger partial charge in [-0.05, 0) is 59.0 Å². The topological polar surface area (TPSA) is 244 Å². The van der Waals surface area contributed by atoms with Crippen LogP contribution >= 0.6 is 51.2 Å². The lowest BCUT2D eigenvalue weighted by Crippen LogP contribution is -2.21. The van der Waals surface area contributed by atoms with Gasteiger partial charge < -0.3 is 32.3 Å². The van der Waals surface area contributed by atoms with Crippen LogP contribution in [-0.2, 0) is 6.18 Å². The molecule has 0 spiro atoms. The highest BCUT2D eigenvalue weighted by molar-refractivity contribution is 9.10. The van der Waals surface area contributed by atoms with Crippen LogP contribution in [0.5, 0.6) is 0 Å². The minimum Gasteiger partial charge on any atom is -0.368 e. The number of aromatic nitrogens is 12. The van der Waals surface area contributed by atoms with Crippen molar-refractivity contribution in [1.82, 2.24) is 60.0 Å². The molecule has 344 valence electrons. The zero-order valence-electron chi connectivity index (χ0n) is 36.1. The van der Waals surface area contributed by atoms with Crippen molar-refractivity contribution in [3.8, 4) is 11.3 Å². The largest absolute Gasteiger partial charge is 0.433 e. The standard InChI is InChI=1S/C17H19F3N8S.C13H17BrN6S.C9H16N4S/c1-10(4-24-16-25-5-11(29-2)6-26-16)3-22-14-9-21-13(8-23-14)12-7-27-28-15(12)17(18,19)20;1-9(3-16-12-8-15-11(14)7-17-12)4-18-13-19-5-10(21-2)6-20-13;1-7(3-10)4-11-9-12-5-8(14-2)6-13-9/h5-10H,3-4H2,1-2H3,(H,22,23)(H,27,28)(H,24,25,26);5-9H,3-4H2,1-2H3,(H,16,17)(H,18,19,20);5-7H,3-4,10H2,1-2H3,(H,11,12,13). The fourth-order valence-corrected chi connectivity index (χ4v) is 5.93. The average molecular weight is 1010 g/mol. The van der Waals surface area contributed by atoms with Crippen molar-refractivity contribution < 1.29 is 13.2 Å². The summed E-state index contributed by atoms with van der Waals surface area (Å²) >= 11 is 8.10. The molecule has 0 saturated heterocycles. The summed E-state index contributed by atoms with van der Waals surface area (Å²) in [6.45, 7) is 10.6. The Labute approximate surface area is 391 Å². The van der Waals surface area contributed by atoms with E-state index in [0.29, 0.717) is 55.1 Å². The lowest BCUT2D eigenvalue weighted by molar-refractivity contribution is -0.140. The van der Waals surface area contributed by atoms with Crippen LogP contribution in [0.3, 0.4) is 0 Å². The first-order valence-electron chi connectivity index (χ1n) is 19.7. The van der Waals surface area contributed by atoms with Crippen LogP contribution in [0.25, 0.3) is 11.3 Å². The van der Waals surface area contributed by atoms with Gasteiger partial charge in [-0.2, -0.15) is 18.3 Å². The normalized spacial score (nSPS) is 12.4. The Morgan fingerprint density at radius 1 is 0.547 bits per heavy atom. The Hall–Kier alpha value is -5.11. The Balaban J connectivity index is 0.000000225. The average Bonchev–Trinajstić information content (AvgIpc) is 3.84. The van der Waals surface area contributed by atoms with Gasteiger partial charge in [0.2, 0.25) is 17.8 Å². The molecule has 6 aromatic rings. The van der Waals surface area contributed by atoms with Crippen molar-refractivity contribution in [3.63, 3.8) is 0 Å². The smallest absolute Gasteiger partial charge is 0.368 e. The summed E-state index contributed by atoms with van der Waals surface area (Å²) in [5.41, 5.74) is 4.51. The van der Waals surface area contributed by atoms with E-state index < -0.39 is 11.9 Å². The van der Waals surface area contributed by atoms with Crippen LogP contribution in [0.1, 0.15) is 26.5 Å². The predicted molar refractivity (Wildman–Crippen MR) is 255 cm³/mol. The number of thioether (sulfide) groups is 3. The van der Waals surface area contributed by atoms with E-state index in [1.165, 1.54) is 12.4 Å². The highest BCUT2D eigenvalue weighted by atomic mass is 79.9. The van der Waals surface area contributed by atoms with E-state index in [2.05, 4.69) is 111 Å². The van der Waals surface area contributed by atoms with E-state index in [0.717, 1.165) is 50.9 Å². The first-order valence-corrected chi connectivity index (χ1v) is 24.1. The lowest BCUT2D eigenvalue weighted by Gasteiger charge is -2.14. The molecule has 64 heavy (non-hydrogen) atoms. The Morgan fingerprint density at radius 3 is 1.31 bits per heavy atom. The van der Waals surface area contributed by atoms with Gasteiger partial charge in [0.25, 0.3) is 0 Å². The van der Waals surface area contributed by atoms with Crippen LogP contribution in [0, 0.1) is 17.8 Å². The summed E-state index contributed by atoms with van der Waals surface area (Å²) in [4.78, 5) is 45.0. The predicted octanol–water partition coefficient (Wildman–Crippen LogP) is 7.67. The molecule has 8 N–H and O–H groups in total. The van der Waals surface area contributed by atoms with E-state index in [4.69, 9.17) is 5.73 Å². The van der Waals surface area contributed by atoms with Gasteiger partial charge in [0.05, 0.1) is 42.2 Å². The number of nitrogens with zero attached hydrogens (tertiary/aromatic N) is 11. The molecular weight excluding hydrogens is 954 g/mol. The second kappa shape index (κ2) is 27.3. The molecule has 3 unspecified atom stereocenters. The van der Waals surface area contributed by atoms with E-state index in [9.17, 15) is 13.2 Å². The molecule has 6 heterocycles. The second-order valence-corrected chi connectivity index (χ2v) is 17.4. The van der Waals surface area contributed by atoms with Crippen LogP contribution < -0.4 is 32.3 Å². The first kappa shape index (κ1) is 51.5. The van der Waals surface area contributed by atoms with Crippen molar-refractivity contribution in [2.75, 3.05) is 84.6 Å². The molecule has 6 rings (SSSR count). The first-order chi connectivity index (χ1) is 30.8. The maximum Gasteiger partial charge on any atom is 0.433 e. The molecule has 0 fully saturated rings. The number of nitrogens with two attached hydrogens (primary N) is 1. The molecule has 0 bridgehead atoms. The number of aromatic amines is 1.